The van der Waals surface area contributed by atoms with Crippen LogP contribution in [0.2, 0.25) is 0 Å². The van der Waals surface area contributed by atoms with E-state index in [4.69, 9.17) is 10.7 Å². The number of nitrogens with two attached hydrogens (primary N) is 1. The van der Waals surface area contributed by atoms with Crippen LogP contribution in [0.5, 0.6) is 0 Å². The van der Waals surface area contributed by atoms with Gasteiger partial charge in [-0.3, -0.25) is 0 Å². The molecule has 0 atom stereocenters. The summed E-state index contributed by atoms with van der Waals surface area (Å²) < 4.78 is 0. The minimum atomic E-state index is 0.501. The molecule has 0 aliphatic heterocycles. The Bertz CT molecular complexity index is 718. The van der Waals surface area contributed by atoms with Gasteiger partial charge in [0, 0.05) is 17.5 Å². The molecule has 0 saturated carbocycles. The topological polar surface area (TPSA) is 38.9 Å². The SMILES string of the molecule is Cc1cccc2cc(CN)c(-c3ccccc3)nc12. The molecule has 3 aromatic rings. The molecular formula is C17H16N2. The summed E-state index contributed by atoms with van der Waals surface area (Å²) in [5, 5.41) is 1.15. The van der Waals surface area contributed by atoms with E-state index in [0.717, 1.165) is 27.7 Å². The van der Waals surface area contributed by atoms with Crippen LogP contribution in [-0.4, -0.2) is 4.98 Å². The molecule has 19 heavy (non-hydrogen) atoms. The summed E-state index contributed by atoms with van der Waals surface area (Å²) in [5.74, 6) is 0. The summed E-state index contributed by atoms with van der Waals surface area (Å²) >= 11 is 0. The second-order valence-corrected chi connectivity index (χ2v) is 4.71. The minimum absolute atomic E-state index is 0.501. The number of nitrogens with zero attached hydrogens (tertiary/aromatic N) is 1. The van der Waals surface area contributed by atoms with Gasteiger partial charge in [-0.15, -0.1) is 0 Å². The number of hydrogen-bond acceptors (Lipinski definition) is 2. The molecular weight excluding hydrogens is 232 g/mol. The van der Waals surface area contributed by atoms with Crippen molar-refractivity contribution >= 4 is 10.9 Å². The van der Waals surface area contributed by atoms with Gasteiger partial charge in [-0.2, -0.15) is 0 Å². The fourth-order valence-corrected chi connectivity index (χ4v) is 2.39. The molecule has 1 heterocycles. The highest BCUT2D eigenvalue weighted by molar-refractivity contribution is 5.85. The third-order valence-corrected chi connectivity index (χ3v) is 3.39. The molecule has 94 valence electrons. The molecule has 0 unspecified atom stereocenters. The lowest BCUT2D eigenvalue weighted by Crippen LogP contribution is -2.02. The monoisotopic (exact) mass is 248 g/mol. The van der Waals surface area contributed by atoms with Crippen molar-refractivity contribution < 1.29 is 0 Å². The van der Waals surface area contributed by atoms with Crippen molar-refractivity contribution in [1.29, 1.82) is 0 Å². The quantitative estimate of drug-likeness (QED) is 0.751. The highest BCUT2D eigenvalue weighted by atomic mass is 14.7. The van der Waals surface area contributed by atoms with E-state index in [-0.39, 0.29) is 0 Å². The zero-order valence-corrected chi connectivity index (χ0v) is 10.9. The number of aromatic nitrogens is 1. The van der Waals surface area contributed by atoms with Crippen molar-refractivity contribution in [3.8, 4) is 11.3 Å². The number of benzene rings is 2. The molecule has 3 rings (SSSR count). The van der Waals surface area contributed by atoms with Crippen LogP contribution in [0.15, 0.2) is 54.6 Å². The summed E-state index contributed by atoms with van der Waals surface area (Å²) in [4.78, 5) is 4.84. The largest absolute Gasteiger partial charge is 0.326 e. The van der Waals surface area contributed by atoms with E-state index in [0.29, 0.717) is 6.54 Å². The van der Waals surface area contributed by atoms with Crippen LogP contribution in [0.25, 0.3) is 22.2 Å². The van der Waals surface area contributed by atoms with Gasteiger partial charge in [-0.25, -0.2) is 4.98 Å². The summed E-state index contributed by atoms with van der Waals surface area (Å²) in [6.07, 6.45) is 0. The highest BCUT2D eigenvalue weighted by Gasteiger charge is 2.08. The first-order valence-electron chi connectivity index (χ1n) is 6.44. The number of fused-ring (bicyclic) bond motifs is 1. The zero-order chi connectivity index (χ0) is 13.2. The van der Waals surface area contributed by atoms with Gasteiger partial charge in [0.25, 0.3) is 0 Å². The third-order valence-electron chi connectivity index (χ3n) is 3.39. The van der Waals surface area contributed by atoms with Gasteiger partial charge in [0.05, 0.1) is 11.2 Å². The highest BCUT2D eigenvalue weighted by Crippen LogP contribution is 2.26. The molecule has 2 nitrogen and oxygen atoms in total. The fraction of sp³-hybridized carbons (Fsp3) is 0.118. The Labute approximate surface area is 112 Å². The first-order valence-corrected chi connectivity index (χ1v) is 6.44. The maximum atomic E-state index is 5.88. The van der Waals surface area contributed by atoms with E-state index in [1.165, 1.54) is 5.56 Å². The second-order valence-electron chi connectivity index (χ2n) is 4.71. The molecule has 0 fully saturated rings. The lowest BCUT2D eigenvalue weighted by atomic mass is 10.0. The summed E-state index contributed by atoms with van der Waals surface area (Å²) in [7, 11) is 0. The number of aryl methyl sites for hydroxylation is 1. The molecule has 0 radical (unpaired) electrons. The lowest BCUT2D eigenvalue weighted by Gasteiger charge is -2.10. The molecule has 2 N–H and O–H groups in total. The Kier molecular flexibility index (Phi) is 3.02. The van der Waals surface area contributed by atoms with Crippen LogP contribution in [-0.2, 0) is 6.54 Å². The Morgan fingerprint density at radius 3 is 2.53 bits per heavy atom. The molecule has 0 aliphatic rings. The molecule has 0 aliphatic carbocycles. The van der Waals surface area contributed by atoms with E-state index < -0.39 is 0 Å². The van der Waals surface area contributed by atoms with Gasteiger partial charge >= 0.3 is 0 Å². The standard InChI is InChI=1S/C17H16N2/c1-12-6-5-9-14-10-15(11-18)17(19-16(12)14)13-7-3-2-4-8-13/h2-10H,11,18H2,1H3. The van der Waals surface area contributed by atoms with Crippen molar-refractivity contribution in [2.24, 2.45) is 5.73 Å². The normalized spacial score (nSPS) is 10.8. The van der Waals surface area contributed by atoms with Crippen LogP contribution in [0.4, 0.5) is 0 Å². The van der Waals surface area contributed by atoms with Crippen molar-refractivity contribution in [1.82, 2.24) is 4.98 Å². The Morgan fingerprint density at radius 2 is 1.79 bits per heavy atom. The minimum Gasteiger partial charge on any atom is -0.326 e. The molecule has 0 amide bonds. The van der Waals surface area contributed by atoms with Gasteiger partial charge < -0.3 is 5.73 Å². The van der Waals surface area contributed by atoms with Gasteiger partial charge in [-0.1, -0.05) is 48.5 Å². The Balaban J connectivity index is 2.32. The van der Waals surface area contributed by atoms with Crippen molar-refractivity contribution in [2.75, 3.05) is 0 Å². The lowest BCUT2D eigenvalue weighted by molar-refractivity contribution is 1.06. The summed E-state index contributed by atoms with van der Waals surface area (Å²) in [6.45, 7) is 2.59. The van der Waals surface area contributed by atoms with E-state index in [1.807, 2.05) is 18.2 Å². The molecule has 0 bridgehead atoms. The molecule has 0 spiro atoms. The molecule has 2 aromatic carbocycles. The van der Waals surface area contributed by atoms with Gasteiger partial charge in [0.1, 0.15) is 0 Å². The molecule has 1 aromatic heterocycles. The molecule has 0 saturated heterocycles. The zero-order valence-electron chi connectivity index (χ0n) is 10.9. The van der Waals surface area contributed by atoms with Gasteiger partial charge in [0.15, 0.2) is 0 Å². The third kappa shape index (κ3) is 2.11. The van der Waals surface area contributed by atoms with E-state index in [2.05, 4.69) is 43.3 Å². The first-order chi connectivity index (χ1) is 9.29. The predicted octanol–water partition coefficient (Wildman–Crippen LogP) is 3.67. The van der Waals surface area contributed by atoms with Crippen molar-refractivity contribution in [3.05, 3.63) is 65.7 Å². The summed E-state index contributed by atoms with van der Waals surface area (Å²) in [6, 6.07) is 18.6. The number of rotatable bonds is 2. The number of hydrogen-bond donors (Lipinski definition) is 1. The smallest absolute Gasteiger partial charge is 0.0754 e. The second kappa shape index (κ2) is 4.82. The van der Waals surface area contributed by atoms with Crippen LogP contribution in [0, 0.1) is 6.92 Å². The predicted molar refractivity (Wildman–Crippen MR) is 79.8 cm³/mol. The maximum absolute atomic E-state index is 5.88. The number of pyridine rings is 1. The Morgan fingerprint density at radius 1 is 1.00 bits per heavy atom. The van der Waals surface area contributed by atoms with Crippen LogP contribution < -0.4 is 5.73 Å². The number of para-hydroxylation sites is 1. The van der Waals surface area contributed by atoms with Crippen LogP contribution in [0.3, 0.4) is 0 Å². The average molecular weight is 248 g/mol. The van der Waals surface area contributed by atoms with Crippen LogP contribution in [0.1, 0.15) is 11.1 Å². The average Bonchev–Trinajstić information content (AvgIpc) is 2.47. The van der Waals surface area contributed by atoms with E-state index in [1.54, 1.807) is 0 Å². The van der Waals surface area contributed by atoms with Crippen molar-refractivity contribution in [3.63, 3.8) is 0 Å². The first kappa shape index (κ1) is 11.9. The van der Waals surface area contributed by atoms with E-state index in [9.17, 15) is 0 Å². The van der Waals surface area contributed by atoms with Gasteiger partial charge in [0.2, 0.25) is 0 Å². The maximum Gasteiger partial charge on any atom is 0.0754 e. The fourth-order valence-electron chi connectivity index (χ4n) is 2.39. The van der Waals surface area contributed by atoms with Gasteiger partial charge in [-0.05, 0) is 24.1 Å². The van der Waals surface area contributed by atoms with E-state index >= 15 is 0 Å². The van der Waals surface area contributed by atoms with Crippen LogP contribution >= 0.6 is 0 Å². The summed E-state index contributed by atoms with van der Waals surface area (Å²) in [5.41, 5.74) is 11.3. The Hall–Kier alpha value is -2.19. The van der Waals surface area contributed by atoms with Crippen molar-refractivity contribution in [2.45, 2.75) is 13.5 Å². The molecule has 2 heteroatoms.